The molecule has 0 spiro atoms. The first-order valence-corrected chi connectivity index (χ1v) is 3.58. The first-order chi connectivity index (χ1) is 6.02. The molecule has 0 aliphatic heterocycles. The number of halogens is 3. The van der Waals surface area contributed by atoms with Crippen molar-refractivity contribution in [2.24, 2.45) is 5.73 Å². The van der Waals surface area contributed by atoms with Crippen LogP contribution in [0, 0.1) is 0 Å². The van der Waals surface area contributed by atoms with E-state index in [0.29, 0.717) is 0 Å². The Balaban J connectivity index is 0.00000169. The van der Waals surface area contributed by atoms with Crippen LogP contribution in [0.1, 0.15) is 11.6 Å². The van der Waals surface area contributed by atoms with Crippen LogP contribution in [0.4, 0.5) is 8.78 Å². The van der Waals surface area contributed by atoms with Crippen LogP contribution in [-0.4, -0.2) is 16.6 Å². The fourth-order valence-electron chi connectivity index (χ4n) is 0.893. The number of phenolic OH excluding ortho intramolecular Hbond substituents is 2. The standard InChI is InChI=1S/C8H9F2NO2.ClH/c9-8(10)7(11)4-1-2-5(12)6(13)3-4;/h1-3,7-8,12-13H,11H2;1H/t7-;/m1./s1. The van der Waals surface area contributed by atoms with Crippen LogP contribution in [0.2, 0.25) is 0 Å². The molecular formula is C8H10ClF2NO2. The Morgan fingerprint density at radius 3 is 2.14 bits per heavy atom. The van der Waals surface area contributed by atoms with Crippen molar-refractivity contribution in [3.8, 4) is 11.5 Å². The molecule has 6 heteroatoms. The average Bonchev–Trinajstić information content (AvgIpc) is 2.08. The zero-order chi connectivity index (χ0) is 10.0. The van der Waals surface area contributed by atoms with Crippen LogP contribution >= 0.6 is 12.4 Å². The Morgan fingerprint density at radius 1 is 1.14 bits per heavy atom. The summed E-state index contributed by atoms with van der Waals surface area (Å²) in [5, 5.41) is 17.9. The fourth-order valence-corrected chi connectivity index (χ4v) is 0.893. The van der Waals surface area contributed by atoms with Crippen LogP contribution in [0.15, 0.2) is 18.2 Å². The van der Waals surface area contributed by atoms with E-state index in [9.17, 15) is 8.78 Å². The molecule has 1 aromatic rings. The summed E-state index contributed by atoms with van der Waals surface area (Å²) in [6.45, 7) is 0. The molecule has 1 atom stereocenters. The van der Waals surface area contributed by atoms with Crippen molar-refractivity contribution in [2.45, 2.75) is 12.5 Å². The number of hydrogen-bond donors (Lipinski definition) is 3. The summed E-state index contributed by atoms with van der Waals surface area (Å²) < 4.78 is 24.2. The van der Waals surface area contributed by atoms with Gasteiger partial charge in [-0.05, 0) is 17.7 Å². The summed E-state index contributed by atoms with van der Waals surface area (Å²) in [4.78, 5) is 0. The van der Waals surface area contributed by atoms with E-state index in [1.807, 2.05) is 0 Å². The SMILES string of the molecule is Cl.N[C@H](c1ccc(O)c(O)c1)C(F)F. The lowest BCUT2D eigenvalue weighted by molar-refractivity contribution is 0.116. The number of hydrogen-bond acceptors (Lipinski definition) is 3. The molecule has 0 saturated carbocycles. The monoisotopic (exact) mass is 225 g/mol. The number of aromatic hydroxyl groups is 2. The minimum atomic E-state index is -2.69. The van der Waals surface area contributed by atoms with E-state index in [-0.39, 0.29) is 23.7 Å². The summed E-state index contributed by atoms with van der Waals surface area (Å²) in [6, 6.07) is 1.94. The molecule has 0 saturated heterocycles. The van der Waals surface area contributed by atoms with Gasteiger partial charge >= 0.3 is 0 Å². The molecule has 0 unspecified atom stereocenters. The van der Waals surface area contributed by atoms with Gasteiger partial charge in [-0.15, -0.1) is 12.4 Å². The maximum atomic E-state index is 12.1. The quantitative estimate of drug-likeness (QED) is 0.673. The third-order valence-corrected chi connectivity index (χ3v) is 1.66. The van der Waals surface area contributed by atoms with Crippen molar-refractivity contribution in [3.05, 3.63) is 23.8 Å². The second-order valence-electron chi connectivity index (χ2n) is 2.61. The Hall–Kier alpha value is -1.07. The van der Waals surface area contributed by atoms with Gasteiger partial charge in [0.05, 0.1) is 6.04 Å². The molecular weight excluding hydrogens is 216 g/mol. The van der Waals surface area contributed by atoms with Crippen molar-refractivity contribution in [1.29, 1.82) is 0 Å². The molecule has 1 rings (SSSR count). The summed E-state index contributed by atoms with van der Waals surface area (Å²) >= 11 is 0. The van der Waals surface area contributed by atoms with E-state index >= 15 is 0 Å². The topological polar surface area (TPSA) is 66.5 Å². The predicted molar refractivity (Wildman–Crippen MR) is 50.0 cm³/mol. The molecule has 0 amide bonds. The van der Waals surface area contributed by atoms with E-state index in [4.69, 9.17) is 15.9 Å². The van der Waals surface area contributed by atoms with Gasteiger partial charge in [-0.25, -0.2) is 8.78 Å². The molecule has 3 nitrogen and oxygen atoms in total. The molecule has 1 aromatic carbocycles. The smallest absolute Gasteiger partial charge is 0.257 e. The predicted octanol–water partition coefficient (Wildman–Crippen LogP) is 1.78. The largest absolute Gasteiger partial charge is 0.504 e. The minimum Gasteiger partial charge on any atom is -0.504 e. The van der Waals surface area contributed by atoms with Gasteiger partial charge in [0.2, 0.25) is 0 Å². The first kappa shape index (κ1) is 12.9. The van der Waals surface area contributed by atoms with Gasteiger partial charge in [-0.1, -0.05) is 6.07 Å². The van der Waals surface area contributed by atoms with E-state index in [0.717, 1.165) is 12.1 Å². The Labute approximate surface area is 85.6 Å². The van der Waals surface area contributed by atoms with Crippen LogP contribution < -0.4 is 5.73 Å². The Kier molecular flexibility index (Phi) is 4.59. The molecule has 0 aliphatic rings. The van der Waals surface area contributed by atoms with Crippen LogP contribution in [0.3, 0.4) is 0 Å². The highest BCUT2D eigenvalue weighted by Crippen LogP contribution is 2.28. The lowest BCUT2D eigenvalue weighted by atomic mass is 10.1. The lowest BCUT2D eigenvalue weighted by Crippen LogP contribution is -2.18. The van der Waals surface area contributed by atoms with Crippen molar-refractivity contribution in [3.63, 3.8) is 0 Å². The van der Waals surface area contributed by atoms with Gasteiger partial charge in [-0.3, -0.25) is 0 Å². The molecule has 0 heterocycles. The zero-order valence-electron chi connectivity index (χ0n) is 7.02. The molecule has 0 fully saturated rings. The number of benzene rings is 1. The number of nitrogens with two attached hydrogens (primary N) is 1. The minimum absolute atomic E-state index is 0. The van der Waals surface area contributed by atoms with Gasteiger partial charge in [0.15, 0.2) is 11.5 Å². The first-order valence-electron chi connectivity index (χ1n) is 3.58. The second kappa shape index (κ2) is 4.97. The van der Waals surface area contributed by atoms with E-state index in [1.165, 1.54) is 6.07 Å². The molecule has 14 heavy (non-hydrogen) atoms. The molecule has 80 valence electrons. The highest BCUT2D eigenvalue weighted by atomic mass is 35.5. The van der Waals surface area contributed by atoms with Gasteiger partial charge in [0.1, 0.15) is 0 Å². The van der Waals surface area contributed by atoms with E-state index < -0.39 is 18.2 Å². The van der Waals surface area contributed by atoms with Crippen LogP contribution in [-0.2, 0) is 0 Å². The van der Waals surface area contributed by atoms with E-state index in [2.05, 4.69) is 0 Å². The number of rotatable bonds is 2. The van der Waals surface area contributed by atoms with Gasteiger partial charge in [-0.2, -0.15) is 0 Å². The van der Waals surface area contributed by atoms with Crippen molar-refractivity contribution in [1.82, 2.24) is 0 Å². The van der Waals surface area contributed by atoms with E-state index in [1.54, 1.807) is 0 Å². The highest BCUT2D eigenvalue weighted by Gasteiger charge is 2.18. The molecule has 0 bridgehead atoms. The van der Waals surface area contributed by atoms with Crippen LogP contribution in [0.5, 0.6) is 11.5 Å². The lowest BCUT2D eigenvalue weighted by Gasteiger charge is -2.10. The van der Waals surface area contributed by atoms with Crippen molar-refractivity contribution in [2.75, 3.05) is 0 Å². The summed E-state index contributed by atoms with van der Waals surface area (Å²) in [7, 11) is 0. The molecule has 0 radical (unpaired) electrons. The summed E-state index contributed by atoms with van der Waals surface area (Å²) in [6.07, 6.45) is -2.69. The van der Waals surface area contributed by atoms with Crippen molar-refractivity contribution < 1.29 is 19.0 Å². The highest BCUT2D eigenvalue weighted by molar-refractivity contribution is 5.85. The normalized spacial score (nSPS) is 12.3. The zero-order valence-corrected chi connectivity index (χ0v) is 7.84. The number of alkyl halides is 2. The average molecular weight is 226 g/mol. The fraction of sp³-hybridized carbons (Fsp3) is 0.250. The Morgan fingerprint density at radius 2 is 1.71 bits per heavy atom. The molecule has 0 aliphatic carbocycles. The van der Waals surface area contributed by atoms with Crippen molar-refractivity contribution >= 4 is 12.4 Å². The maximum absolute atomic E-state index is 12.1. The van der Waals surface area contributed by atoms with Crippen LogP contribution in [0.25, 0.3) is 0 Å². The third kappa shape index (κ3) is 2.71. The van der Waals surface area contributed by atoms with Gasteiger partial charge in [0, 0.05) is 0 Å². The molecule has 4 N–H and O–H groups in total. The summed E-state index contributed by atoms with van der Waals surface area (Å²) in [5.74, 6) is -0.807. The van der Waals surface area contributed by atoms with Gasteiger partial charge in [0.25, 0.3) is 6.43 Å². The van der Waals surface area contributed by atoms with Gasteiger partial charge < -0.3 is 15.9 Å². The third-order valence-electron chi connectivity index (χ3n) is 1.66. The second-order valence-corrected chi connectivity index (χ2v) is 2.61. The Bertz CT molecular complexity index is 309. The number of phenols is 2. The molecule has 0 aromatic heterocycles. The maximum Gasteiger partial charge on any atom is 0.257 e. The summed E-state index contributed by atoms with van der Waals surface area (Å²) in [5.41, 5.74) is 5.20.